The maximum Gasteiger partial charge on any atom is 0.292 e. The third-order valence-corrected chi connectivity index (χ3v) is 6.97. The number of anilines is 1. The highest BCUT2D eigenvalue weighted by Crippen LogP contribution is 2.28. The van der Waals surface area contributed by atoms with E-state index in [1.54, 1.807) is 0 Å². The second-order valence-corrected chi connectivity index (χ2v) is 10.1. The van der Waals surface area contributed by atoms with Gasteiger partial charge in [-0.15, -0.1) is 0 Å². The summed E-state index contributed by atoms with van der Waals surface area (Å²) in [6.07, 6.45) is 6.24. The Hall–Kier alpha value is -2.34. The van der Waals surface area contributed by atoms with Crippen molar-refractivity contribution in [3.63, 3.8) is 0 Å². The van der Waals surface area contributed by atoms with Gasteiger partial charge >= 0.3 is 0 Å². The lowest BCUT2D eigenvalue weighted by atomic mass is 9.86. The van der Waals surface area contributed by atoms with Gasteiger partial charge in [-0.05, 0) is 78.8 Å². The molecule has 0 bridgehead atoms. The van der Waals surface area contributed by atoms with Crippen LogP contribution in [0.25, 0.3) is 33.0 Å². The van der Waals surface area contributed by atoms with Crippen LogP contribution in [0.5, 0.6) is 0 Å². The topological polar surface area (TPSA) is 11.8 Å². The van der Waals surface area contributed by atoms with Crippen molar-refractivity contribution in [2.24, 2.45) is 0 Å². The van der Waals surface area contributed by atoms with Crippen LogP contribution in [0, 0.1) is 0 Å². The third-order valence-electron chi connectivity index (χ3n) is 6.97. The molecule has 6 rings (SSSR count). The summed E-state index contributed by atoms with van der Waals surface area (Å²) in [7, 11) is 0. The quantitative estimate of drug-likeness (QED) is 0.237. The Kier molecular flexibility index (Phi) is 5.31. The van der Waals surface area contributed by atoms with Crippen molar-refractivity contribution >= 4 is 38.7 Å². The van der Waals surface area contributed by atoms with Gasteiger partial charge in [0.05, 0.1) is 0 Å². The van der Waals surface area contributed by atoms with Crippen LogP contribution in [0.15, 0.2) is 66.9 Å². The monoisotopic (exact) mass is 535 g/mol. The zero-order chi connectivity index (χ0) is 21.2. The maximum atomic E-state index is 2.54. The highest BCUT2D eigenvalue weighted by molar-refractivity contribution is 5.88. The van der Waals surface area contributed by atoms with Gasteiger partial charge in [-0.2, -0.15) is 8.80 Å². The molecule has 4 heterocycles. The van der Waals surface area contributed by atoms with Crippen molar-refractivity contribution in [2.75, 3.05) is 18.0 Å². The van der Waals surface area contributed by atoms with Crippen molar-refractivity contribution in [1.82, 2.24) is 4.40 Å². The molecule has 3 aromatic heterocycles. The molecule has 2 aromatic carbocycles. The van der Waals surface area contributed by atoms with E-state index < -0.39 is 0 Å². The predicted octanol–water partition coefficient (Wildman–Crippen LogP) is 3.28. The average Bonchev–Trinajstić information content (AvgIpc) is 3.18. The van der Waals surface area contributed by atoms with Crippen molar-refractivity contribution in [2.45, 2.75) is 45.4 Å². The average molecular weight is 535 g/mol. The van der Waals surface area contributed by atoms with Crippen LogP contribution in [0.1, 0.15) is 45.6 Å². The molecule has 1 saturated heterocycles. The van der Waals surface area contributed by atoms with Gasteiger partial charge < -0.3 is 28.9 Å². The molecule has 32 heavy (non-hydrogen) atoms. The summed E-state index contributed by atoms with van der Waals surface area (Å²) in [6.45, 7) is 9.18. The Morgan fingerprint density at radius 2 is 1.56 bits per heavy atom. The van der Waals surface area contributed by atoms with Crippen LogP contribution in [-0.4, -0.2) is 17.5 Å². The van der Waals surface area contributed by atoms with Crippen LogP contribution in [0.4, 0.5) is 5.69 Å². The fourth-order valence-corrected chi connectivity index (χ4v) is 5.17. The Morgan fingerprint density at radius 3 is 2.34 bits per heavy atom. The molecular formula is C28H30IN3. The lowest BCUT2D eigenvalue weighted by Gasteiger charge is -2.28. The molecule has 4 heteroatoms. The van der Waals surface area contributed by atoms with E-state index in [1.165, 1.54) is 76.6 Å². The molecule has 0 amide bonds. The number of benzene rings is 2. The first kappa shape index (κ1) is 21.5. The molecule has 0 unspecified atom stereocenters. The molecule has 0 N–H and O–H groups in total. The first-order chi connectivity index (χ1) is 15.0. The fourth-order valence-electron chi connectivity index (χ4n) is 5.17. The van der Waals surface area contributed by atoms with Crippen molar-refractivity contribution in [3.8, 4) is 0 Å². The van der Waals surface area contributed by atoms with Gasteiger partial charge in [0.25, 0.3) is 5.65 Å². The molecule has 3 nitrogen and oxygen atoms in total. The summed E-state index contributed by atoms with van der Waals surface area (Å²) in [5.41, 5.74) is 7.85. The Morgan fingerprint density at radius 1 is 0.781 bits per heavy atom. The summed E-state index contributed by atoms with van der Waals surface area (Å²) in [5, 5.41) is 2.59. The van der Waals surface area contributed by atoms with Gasteiger partial charge in [0.2, 0.25) is 0 Å². The molecular weight excluding hydrogens is 505 g/mol. The summed E-state index contributed by atoms with van der Waals surface area (Å²) in [6, 6.07) is 22.9. The van der Waals surface area contributed by atoms with Gasteiger partial charge in [0, 0.05) is 35.6 Å². The van der Waals surface area contributed by atoms with Crippen LogP contribution in [0.3, 0.4) is 0 Å². The minimum absolute atomic E-state index is 0. The number of halogens is 1. The van der Waals surface area contributed by atoms with Crippen LogP contribution >= 0.6 is 0 Å². The molecule has 0 spiro atoms. The highest BCUT2D eigenvalue weighted by atomic mass is 127. The van der Waals surface area contributed by atoms with Gasteiger partial charge in [-0.25, -0.2) is 0 Å². The van der Waals surface area contributed by atoms with E-state index in [0.717, 1.165) is 0 Å². The normalized spacial score (nSPS) is 15.0. The van der Waals surface area contributed by atoms with Gasteiger partial charge in [0.1, 0.15) is 17.2 Å². The first-order valence-electron chi connectivity index (χ1n) is 11.6. The van der Waals surface area contributed by atoms with Crippen molar-refractivity contribution < 1.29 is 28.4 Å². The number of aromatic nitrogens is 2. The molecule has 0 aliphatic carbocycles. The number of piperidine rings is 1. The number of rotatable bonds is 1. The molecule has 1 fully saturated rings. The van der Waals surface area contributed by atoms with Gasteiger partial charge in [0.15, 0.2) is 5.52 Å². The van der Waals surface area contributed by atoms with Crippen molar-refractivity contribution in [3.05, 3.63) is 72.4 Å². The standard InChI is InChI=1S/C28H30N3.HI/c1-28(2,3)22-9-12-25-20(17-22)8-14-27-30(25)19-24-10-7-21-18-23(11-13-26(21)31(24)27)29-15-5-4-6-16-29;/h7-14,17-19H,4-6,15-16H2,1-3H3;1H/q+1;/p-1. The van der Waals surface area contributed by atoms with Crippen LogP contribution in [-0.2, 0) is 5.41 Å². The number of pyridine rings is 2. The smallest absolute Gasteiger partial charge is 0.292 e. The van der Waals surface area contributed by atoms with E-state index >= 15 is 0 Å². The highest BCUT2D eigenvalue weighted by Gasteiger charge is 2.20. The molecule has 0 atom stereocenters. The molecule has 0 radical (unpaired) electrons. The molecule has 1 aliphatic rings. The minimum atomic E-state index is 0. The van der Waals surface area contributed by atoms with E-state index in [0.29, 0.717) is 0 Å². The Balaban J connectivity index is 0.00000216. The van der Waals surface area contributed by atoms with Crippen LogP contribution < -0.4 is 33.3 Å². The largest absolute Gasteiger partial charge is 1.00 e. The van der Waals surface area contributed by atoms with E-state index in [1.807, 2.05) is 0 Å². The minimum Gasteiger partial charge on any atom is -1.00 e. The second-order valence-electron chi connectivity index (χ2n) is 10.1. The molecule has 0 saturated carbocycles. The number of nitrogens with zero attached hydrogens (tertiary/aromatic N) is 3. The number of imidazole rings is 1. The number of hydrogen-bond acceptors (Lipinski definition) is 1. The zero-order valence-electron chi connectivity index (χ0n) is 19.1. The third kappa shape index (κ3) is 3.43. The predicted molar refractivity (Wildman–Crippen MR) is 130 cm³/mol. The molecule has 164 valence electrons. The second kappa shape index (κ2) is 7.91. The number of fused-ring (bicyclic) bond motifs is 7. The summed E-state index contributed by atoms with van der Waals surface area (Å²) >= 11 is 0. The summed E-state index contributed by atoms with van der Waals surface area (Å²) < 4.78 is 4.74. The molecule has 1 aliphatic heterocycles. The van der Waals surface area contributed by atoms with E-state index in [4.69, 9.17) is 0 Å². The first-order valence-corrected chi connectivity index (χ1v) is 11.6. The van der Waals surface area contributed by atoms with Crippen LogP contribution in [0.2, 0.25) is 0 Å². The Labute approximate surface area is 206 Å². The van der Waals surface area contributed by atoms with E-state index in [-0.39, 0.29) is 29.4 Å². The van der Waals surface area contributed by atoms with E-state index in [9.17, 15) is 0 Å². The van der Waals surface area contributed by atoms with E-state index in [2.05, 4.69) is 101 Å². The van der Waals surface area contributed by atoms with Gasteiger partial charge in [-0.1, -0.05) is 26.8 Å². The lowest BCUT2D eigenvalue weighted by molar-refractivity contribution is -0.479. The summed E-state index contributed by atoms with van der Waals surface area (Å²) in [4.78, 5) is 2.54. The Bertz CT molecular complexity index is 1450. The fraction of sp³-hybridized carbons (Fsp3) is 0.321. The summed E-state index contributed by atoms with van der Waals surface area (Å²) in [5.74, 6) is 0. The lowest BCUT2D eigenvalue weighted by Crippen LogP contribution is -3.00. The van der Waals surface area contributed by atoms with Crippen molar-refractivity contribution in [1.29, 1.82) is 0 Å². The zero-order valence-corrected chi connectivity index (χ0v) is 21.3. The maximum absolute atomic E-state index is 2.54. The SMILES string of the molecule is CC(C)(C)c1ccc2c(ccc3n4c(ccc5cc(N6CCCCC6)ccc54)c[n+]23)c1.[I-]. The van der Waals surface area contributed by atoms with Gasteiger partial charge in [-0.3, -0.25) is 0 Å². The molecule has 5 aromatic rings. The number of hydrogen-bond donors (Lipinski definition) is 0.